The summed E-state index contributed by atoms with van der Waals surface area (Å²) in [6.07, 6.45) is 0. The Morgan fingerprint density at radius 3 is 2.33 bits per heavy atom. The highest BCUT2D eigenvalue weighted by Crippen LogP contribution is 2.25. The molecule has 0 radical (unpaired) electrons. The molecule has 0 saturated carbocycles. The molecule has 0 aromatic carbocycles. The molecule has 1 aromatic heterocycles. The summed E-state index contributed by atoms with van der Waals surface area (Å²) >= 11 is 6.03. The summed E-state index contributed by atoms with van der Waals surface area (Å²) in [6.45, 7) is 9.06. The molecule has 2 nitrogen and oxygen atoms in total. The normalized spacial score (nSPS) is 13.4. The highest BCUT2D eigenvalue weighted by Gasteiger charge is 2.14. The fraction of sp³-hybridized carbons (Fsp3) is 0.667. The molecule has 0 spiro atoms. The van der Waals surface area contributed by atoms with Crippen LogP contribution in [0.4, 0.5) is 0 Å². The summed E-state index contributed by atoms with van der Waals surface area (Å²) in [6, 6.07) is 0. The Hall–Kier alpha value is -0.500. The van der Waals surface area contributed by atoms with E-state index in [1.165, 1.54) is 11.3 Å². The lowest BCUT2D eigenvalue weighted by Crippen LogP contribution is -1.99. The van der Waals surface area contributed by atoms with Crippen molar-refractivity contribution in [1.29, 1.82) is 0 Å². The van der Waals surface area contributed by atoms with E-state index in [9.17, 15) is 0 Å². The Kier molecular flexibility index (Phi) is 2.78. The summed E-state index contributed by atoms with van der Waals surface area (Å²) in [7, 11) is 0. The SMILES string of the molecule is CCn1nc(C)c(C(C)Cl)c1C. The van der Waals surface area contributed by atoms with Crippen LogP contribution in [-0.4, -0.2) is 9.78 Å². The number of nitrogens with zero attached hydrogens (tertiary/aromatic N) is 2. The van der Waals surface area contributed by atoms with Gasteiger partial charge in [-0.2, -0.15) is 5.10 Å². The molecule has 1 aromatic rings. The molecule has 1 unspecified atom stereocenters. The van der Waals surface area contributed by atoms with E-state index in [2.05, 4.69) is 18.9 Å². The van der Waals surface area contributed by atoms with Crippen LogP contribution in [0.2, 0.25) is 0 Å². The first-order valence-electron chi connectivity index (χ1n) is 4.25. The molecule has 0 aliphatic rings. The van der Waals surface area contributed by atoms with Crippen molar-refractivity contribution in [2.75, 3.05) is 0 Å². The largest absolute Gasteiger partial charge is 0.270 e. The van der Waals surface area contributed by atoms with Gasteiger partial charge in [0.2, 0.25) is 0 Å². The van der Waals surface area contributed by atoms with Gasteiger partial charge in [0.15, 0.2) is 0 Å². The zero-order chi connectivity index (χ0) is 9.30. The maximum absolute atomic E-state index is 6.03. The zero-order valence-electron chi connectivity index (χ0n) is 8.06. The minimum atomic E-state index is 0.0605. The van der Waals surface area contributed by atoms with E-state index in [0.717, 1.165) is 12.2 Å². The van der Waals surface area contributed by atoms with E-state index in [4.69, 9.17) is 11.6 Å². The van der Waals surface area contributed by atoms with Gasteiger partial charge in [0, 0.05) is 17.8 Å². The Morgan fingerprint density at radius 1 is 1.50 bits per heavy atom. The number of rotatable bonds is 2. The van der Waals surface area contributed by atoms with Gasteiger partial charge in [0.1, 0.15) is 0 Å². The van der Waals surface area contributed by atoms with Crippen LogP contribution < -0.4 is 0 Å². The molecule has 3 heteroatoms. The van der Waals surface area contributed by atoms with Crippen LogP contribution in [0.1, 0.15) is 36.2 Å². The van der Waals surface area contributed by atoms with E-state index in [0.29, 0.717) is 0 Å². The van der Waals surface area contributed by atoms with Crippen molar-refractivity contribution in [3.8, 4) is 0 Å². The van der Waals surface area contributed by atoms with Gasteiger partial charge in [-0.15, -0.1) is 11.6 Å². The quantitative estimate of drug-likeness (QED) is 0.650. The van der Waals surface area contributed by atoms with Crippen LogP contribution in [0.5, 0.6) is 0 Å². The average Bonchev–Trinajstić information content (AvgIpc) is 2.25. The predicted octanol–water partition coefficient (Wildman–Crippen LogP) is 2.82. The summed E-state index contributed by atoms with van der Waals surface area (Å²) in [4.78, 5) is 0. The molecular formula is C9H15ClN2. The molecule has 1 atom stereocenters. The van der Waals surface area contributed by atoms with Crippen molar-refractivity contribution in [3.05, 3.63) is 17.0 Å². The minimum Gasteiger partial charge on any atom is -0.270 e. The van der Waals surface area contributed by atoms with Crippen LogP contribution >= 0.6 is 11.6 Å². The number of halogens is 1. The maximum Gasteiger partial charge on any atom is 0.0643 e. The third kappa shape index (κ3) is 1.48. The van der Waals surface area contributed by atoms with Crippen LogP contribution in [0, 0.1) is 13.8 Å². The van der Waals surface area contributed by atoms with Crippen molar-refractivity contribution in [2.24, 2.45) is 0 Å². The maximum atomic E-state index is 6.03. The zero-order valence-corrected chi connectivity index (χ0v) is 8.81. The third-order valence-corrected chi connectivity index (χ3v) is 2.35. The van der Waals surface area contributed by atoms with Gasteiger partial charge in [-0.25, -0.2) is 0 Å². The second-order valence-corrected chi connectivity index (χ2v) is 3.67. The topological polar surface area (TPSA) is 17.8 Å². The van der Waals surface area contributed by atoms with Crippen molar-refractivity contribution in [1.82, 2.24) is 9.78 Å². The van der Waals surface area contributed by atoms with Crippen molar-refractivity contribution in [2.45, 2.75) is 39.6 Å². The van der Waals surface area contributed by atoms with Crippen LogP contribution in [0.15, 0.2) is 0 Å². The monoisotopic (exact) mass is 186 g/mol. The summed E-state index contributed by atoms with van der Waals surface area (Å²) < 4.78 is 1.99. The standard InChI is InChI=1S/C9H15ClN2/c1-5-12-8(4)9(6(2)10)7(3)11-12/h6H,5H2,1-4H3. The number of hydrogen-bond acceptors (Lipinski definition) is 1. The first-order valence-corrected chi connectivity index (χ1v) is 4.69. The van der Waals surface area contributed by atoms with Crippen LogP contribution in [0.3, 0.4) is 0 Å². The summed E-state index contributed by atoms with van der Waals surface area (Å²) in [5.74, 6) is 0. The molecule has 0 aliphatic heterocycles. The van der Waals surface area contributed by atoms with Gasteiger partial charge in [0.25, 0.3) is 0 Å². The molecule has 68 valence electrons. The Morgan fingerprint density at radius 2 is 2.08 bits per heavy atom. The molecule has 1 rings (SSSR count). The highest BCUT2D eigenvalue weighted by atomic mass is 35.5. The van der Waals surface area contributed by atoms with Gasteiger partial charge in [-0.1, -0.05) is 0 Å². The highest BCUT2D eigenvalue weighted by molar-refractivity contribution is 6.20. The van der Waals surface area contributed by atoms with Gasteiger partial charge in [-0.3, -0.25) is 4.68 Å². The molecule has 0 fully saturated rings. The first kappa shape index (κ1) is 9.59. The number of aryl methyl sites for hydroxylation is 2. The Balaban J connectivity index is 3.19. The molecular weight excluding hydrogens is 172 g/mol. The molecule has 12 heavy (non-hydrogen) atoms. The van der Waals surface area contributed by atoms with E-state index in [-0.39, 0.29) is 5.38 Å². The molecule has 0 amide bonds. The fourth-order valence-corrected chi connectivity index (χ4v) is 1.91. The molecule has 0 aliphatic carbocycles. The lowest BCUT2D eigenvalue weighted by Gasteiger charge is -2.03. The molecule has 0 bridgehead atoms. The van der Waals surface area contributed by atoms with Crippen molar-refractivity contribution < 1.29 is 0 Å². The lowest BCUT2D eigenvalue weighted by molar-refractivity contribution is 0.633. The first-order chi connectivity index (χ1) is 5.57. The minimum absolute atomic E-state index is 0.0605. The molecule has 1 heterocycles. The smallest absolute Gasteiger partial charge is 0.0643 e. The van der Waals surface area contributed by atoms with Crippen LogP contribution in [0.25, 0.3) is 0 Å². The number of aromatic nitrogens is 2. The molecule has 0 N–H and O–H groups in total. The second-order valence-electron chi connectivity index (χ2n) is 3.02. The fourth-order valence-electron chi connectivity index (χ4n) is 1.59. The van der Waals surface area contributed by atoms with Gasteiger partial charge >= 0.3 is 0 Å². The summed E-state index contributed by atoms with van der Waals surface area (Å²) in [5, 5.41) is 4.44. The van der Waals surface area contributed by atoms with Crippen molar-refractivity contribution >= 4 is 11.6 Å². The molecule has 0 saturated heterocycles. The summed E-state index contributed by atoms with van der Waals surface area (Å²) in [5.41, 5.74) is 3.42. The van der Waals surface area contributed by atoms with E-state index in [1.54, 1.807) is 0 Å². The van der Waals surface area contributed by atoms with E-state index >= 15 is 0 Å². The van der Waals surface area contributed by atoms with E-state index < -0.39 is 0 Å². The Bertz CT molecular complexity index is 276. The lowest BCUT2D eigenvalue weighted by atomic mass is 10.1. The van der Waals surface area contributed by atoms with Gasteiger partial charge < -0.3 is 0 Å². The second kappa shape index (κ2) is 3.48. The van der Waals surface area contributed by atoms with Crippen molar-refractivity contribution in [3.63, 3.8) is 0 Å². The van der Waals surface area contributed by atoms with Gasteiger partial charge in [-0.05, 0) is 27.7 Å². The number of hydrogen-bond donors (Lipinski definition) is 0. The van der Waals surface area contributed by atoms with Gasteiger partial charge in [0.05, 0.1) is 11.1 Å². The van der Waals surface area contributed by atoms with Crippen LogP contribution in [-0.2, 0) is 6.54 Å². The predicted molar refractivity (Wildman–Crippen MR) is 51.6 cm³/mol. The average molecular weight is 187 g/mol. The third-order valence-electron chi connectivity index (χ3n) is 2.13. The van der Waals surface area contributed by atoms with E-state index in [1.807, 2.05) is 18.5 Å². The number of alkyl halides is 1. The Labute approximate surface area is 78.5 Å².